The molecule has 130 valence electrons. The molecule has 0 amide bonds. The lowest BCUT2D eigenvalue weighted by Gasteiger charge is -2.13. The predicted molar refractivity (Wildman–Crippen MR) is 99.0 cm³/mol. The Bertz CT molecular complexity index is 916. The highest BCUT2D eigenvalue weighted by Crippen LogP contribution is 2.33. The standard InChI is InChI=1S/C21H18N2O3/c1-25-17-9-7-16(8-10-17)20-13-18(15-5-3-2-4-6-15)19(14-22)21(23-20)26-12-11-24/h2-10,13,24H,11-12H2,1H3. The van der Waals surface area contributed by atoms with Crippen molar-refractivity contribution < 1.29 is 14.6 Å². The maximum Gasteiger partial charge on any atom is 0.232 e. The Morgan fingerprint density at radius 3 is 2.38 bits per heavy atom. The summed E-state index contributed by atoms with van der Waals surface area (Å²) in [6.45, 7) is -0.0814. The average Bonchev–Trinajstić information content (AvgIpc) is 2.72. The number of nitrogens with zero attached hydrogens (tertiary/aromatic N) is 2. The lowest BCUT2D eigenvalue weighted by molar-refractivity contribution is 0.196. The van der Waals surface area contributed by atoms with Gasteiger partial charge in [-0.3, -0.25) is 0 Å². The Morgan fingerprint density at radius 2 is 1.77 bits per heavy atom. The van der Waals surface area contributed by atoms with Crippen molar-refractivity contribution in [2.45, 2.75) is 0 Å². The van der Waals surface area contributed by atoms with E-state index in [0.717, 1.165) is 22.4 Å². The van der Waals surface area contributed by atoms with Crippen LogP contribution in [-0.2, 0) is 0 Å². The van der Waals surface area contributed by atoms with Crippen molar-refractivity contribution in [1.82, 2.24) is 4.98 Å². The van der Waals surface area contributed by atoms with Crippen LogP contribution in [0.2, 0.25) is 0 Å². The van der Waals surface area contributed by atoms with Crippen molar-refractivity contribution in [3.05, 3.63) is 66.2 Å². The van der Waals surface area contributed by atoms with E-state index in [1.165, 1.54) is 0 Å². The quantitative estimate of drug-likeness (QED) is 0.737. The molecule has 0 fully saturated rings. The molecule has 3 aromatic rings. The van der Waals surface area contributed by atoms with Gasteiger partial charge in [0, 0.05) is 11.1 Å². The number of nitriles is 1. The molecule has 0 aliphatic rings. The van der Waals surface area contributed by atoms with E-state index < -0.39 is 0 Å². The van der Waals surface area contributed by atoms with E-state index in [-0.39, 0.29) is 19.1 Å². The molecule has 1 heterocycles. The molecule has 1 aromatic heterocycles. The van der Waals surface area contributed by atoms with Crippen molar-refractivity contribution >= 4 is 0 Å². The molecule has 5 heteroatoms. The molecule has 0 atom stereocenters. The van der Waals surface area contributed by atoms with E-state index in [4.69, 9.17) is 14.6 Å². The highest BCUT2D eigenvalue weighted by atomic mass is 16.5. The summed E-state index contributed by atoms with van der Waals surface area (Å²) < 4.78 is 10.7. The molecule has 0 aliphatic heterocycles. The number of aliphatic hydroxyl groups excluding tert-OH is 1. The molecule has 0 saturated heterocycles. The molecule has 0 bridgehead atoms. The second-order valence-electron chi connectivity index (χ2n) is 5.51. The number of pyridine rings is 1. The Hall–Kier alpha value is -3.36. The third-order valence-corrected chi connectivity index (χ3v) is 3.90. The molecular formula is C21H18N2O3. The number of aliphatic hydroxyl groups is 1. The smallest absolute Gasteiger partial charge is 0.232 e. The number of hydrogen-bond donors (Lipinski definition) is 1. The lowest BCUT2D eigenvalue weighted by atomic mass is 9.99. The van der Waals surface area contributed by atoms with E-state index in [2.05, 4.69) is 11.1 Å². The zero-order chi connectivity index (χ0) is 18.4. The second-order valence-corrected chi connectivity index (χ2v) is 5.51. The fraction of sp³-hybridized carbons (Fsp3) is 0.143. The van der Waals surface area contributed by atoms with E-state index in [1.807, 2.05) is 60.7 Å². The normalized spacial score (nSPS) is 10.2. The van der Waals surface area contributed by atoms with Crippen LogP contribution in [-0.4, -0.2) is 30.4 Å². The Morgan fingerprint density at radius 1 is 1.04 bits per heavy atom. The van der Waals surface area contributed by atoms with Gasteiger partial charge in [0.25, 0.3) is 0 Å². The van der Waals surface area contributed by atoms with Crippen molar-refractivity contribution in [1.29, 1.82) is 5.26 Å². The number of hydrogen-bond acceptors (Lipinski definition) is 5. The molecule has 0 radical (unpaired) electrons. The minimum absolute atomic E-state index is 0.0714. The van der Waals surface area contributed by atoms with Gasteiger partial charge in [0.2, 0.25) is 5.88 Å². The zero-order valence-corrected chi connectivity index (χ0v) is 14.3. The van der Waals surface area contributed by atoms with E-state index in [1.54, 1.807) is 7.11 Å². The van der Waals surface area contributed by atoms with Crippen LogP contribution in [0.15, 0.2) is 60.7 Å². The van der Waals surface area contributed by atoms with Gasteiger partial charge >= 0.3 is 0 Å². The Kier molecular flexibility index (Phi) is 5.47. The average molecular weight is 346 g/mol. The van der Waals surface area contributed by atoms with Gasteiger partial charge in [-0.15, -0.1) is 0 Å². The molecule has 0 spiro atoms. The van der Waals surface area contributed by atoms with Crippen LogP contribution in [0, 0.1) is 11.3 Å². The van der Waals surface area contributed by atoms with Crippen LogP contribution in [0.25, 0.3) is 22.4 Å². The van der Waals surface area contributed by atoms with Crippen LogP contribution < -0.4 is 9.47 Å². The predicted octanol–water partition coefficient (Wildman–Crippen LogP) is 3.67. The van der Waals surface area contributed by atoms with E-state index >= 15 is 0 Å². The van der Waals surface area contributed by atoms with Crippen LogP contribution in [0.3, 0.4) is 0 Å². The van der Waals surface area contributed by atoms with Crippen LogP contribution in [0.5, 0.6) is 11.6 Å². The highest BCUT2D eigenvalue weighted by Gasteiger charge is 2.16. The number of benzene rings is 2. The number of methoxy groups -OCH3 is 1. The zero-order valence-electron chi connectivity index (χ0n) is 14.3. The number of aromatic nitrogens is 1. The first-order valence-corrected chi connectivity index (χ1v) is 8.15. The largest absolute Gasteiger partial charge is 0.497 e. The topological polar surface area (TPSA) is 75.4 Å². The maximum absolute atomic E-state index is 9.64. The van der Waals surface area contributed by atoms with E-state index in [9.17, 15) is 5.26 Å². The first kappa shape index (κ1) is 17.5. The fourth-order valence-electron chi connectivity index (χ4n) is 2.63. The summed E-state index contributed by atoms with van der Waals surface area (Å²) >= 11 is 0. The van der Waals surface area contributed by atoms with Gasteiger partial charge in [-0.1, -0.05) is 30.3 Å². The molecule has 0 saturated carbocycles. The molecule has 5 nitrogen and oxygen atoms in total. The van der Waals surface area contributed by atoms with Crippen LogP contribution >= 0.6 is 0 Å². The number of ether oxygens (including phenoxy) is 2. The van der Waals surface area contributed by atoms with Gasteiger partial charge in [-0.2, -0.15) is 5.26 Å². The first-order valence-electron chi connectivity index (χ1n) is 8.15. The van der Waals surface area contributed by atoms with Gasteiger partial charge in [-0.25, -0.2) is 4.98 Å². The second kappa shape index (κ2) is 8.15. The Balaban J connectivity index is 2.17. The lowest BCUT2D eigenvalue weighted by Crippen LogP contribution is -2.06. The van der Waals surface area contributed by atoms with Crippen molar-refractivity contribution in [3.63, 3.8) is 0 Å². The molecule has 2 aromatic carbocycles. The summed E-state index contributed by atoms with van der Waals surface area (Å²) in [7, 11) is 1.61. The summed E-state index contributed by atoms with van der Waals surface area (Å²) in [6.07, 6.45) is 0. The van der Waals surface area contributed by atoms with Crippen molar-refractivity contribution in [2.24, 2.45) is 0 Å². The minimum atomic E-state index is -0.153. The summed E-state index contributed by atoms with van der Waals surface area (Å²) in [4.78, 5) is 4.50. The SMILES string of the molecule is COc1ccc(-c2cc(-c3ccccc3)c(C#N)c(OCCO)n2)cc1. The van der Waals surface area contributed by atoms with E-state index in [0.29, 0.717) is 11.3 Å². The van der Waals surface area contributed by atoms with Crippen LogP contribution in [0.4, 0.5) is 0 Å². The Labute approximate surface area is 152 Å². The molecule has 0 aliphatic carbocycles. The maximum atomic E-state index is 9.64. The van der Waals surface area contributed by atoms with Crippen molar-refractivity contribution in [2.75, 3.05) is 20.3 Å². The summed E-state index contributed by atoms with van der Waals surface area (Å²) in [6, 6.07) is 21.2. The molecule has 0 unspecified atom stereocenters. The number of rotatable bonds is 6. The minimum Gasteiger partial charge on any atom is -0.497 e. The highest BCUT2D eigenvalue weighted by molar-refractivity contribution is 5.77. The van der Waals surface area contributed by atoms with Gasteiger partial charge in [-0.05, 0) is 35.9 Å². The van der Waals surface area contributed by atoms with Crippen molar-refractivity contribution in [3.8, 4) is 40.1 Å². The summed E-state index contributed by atoms with van der Waals surface area (Å²) in [5.74, 6) is 0.969. The molecule has 1 N–H and O–H groups in total. The summed E-state index contributed by atoms with van der Waals surface area (Å²) in [5, 5.41) is 18.7. The van der Waals surface area contributed by atoms with Gasteiger partial charge in [0.05, 0.1) is 19.4 Å². The monoisotopic (exact) mass is 346 g/mol. The molecular weight excluding hydrogens is 328 g/mol. The van der Waals surface area contributed by atoms with Gasteiger partial charge in [0.1, 0.15) is 24.0 Å². The molecule has 26 heavy (non-hydrogen) atoms. The third kappa shape index (κ3) is 3.66. The third-order valence-electron chi connectivity index (χ3n) is 3.90. The van der Waals surface area contributed by atoms with Crippen LogP contribution in [0.1, 0.15) is 5.56 Å². The molecule has 3 rings (SSSR count). The van der Waals surface area contributed by atoms with Gasteiger partial charge in [0.15, 0.2) is 0 Å². The summed E-state index contributed by atoms with van der Waals surface area (Å²) in [5.41, 5.74) is 3.54. The fourth-order valence-corrected chi connectivity index (χ4v) is 2.63. The first-order chi connectivity index (χ1) is 12.8. The van der Waals surface area contributed by atoms with Gasteiger partial charge < -0.3 is 14.6 Å².